The lowest BCUT2D eigenvalue weighted by Crippen LogP contribution is -2.40. The minimum atomic E-state index is -3.93. The van der Waals surface area contributed by atoms with Gasteiger partial charge in [-0.05, 0) is 85.0 Å². The van der Waals surface area contributed by atoms with Crippen LogP contribution in [0.2, 0.25) is 0 Å². The van der Waals surface area contributed by atoms with E-state index in [4.69, 9.17) is 18.5 Å². The Morgan fingerprint density at radius 1 is 0.765 bits per heavy atom. The van der Waals surface area contributed by atoms with Gasteiger partial charge in [-0.25, -0.2) is 4.57 Å². The van der Waals surface area contributed by atoms with Crippen LogP contribution in [-0.4, -0.2) is 20.1 Å². The number of nitrogens with one attached hydrogen (secondary N) is 1. The number of hydrogen-bond acceptors (Lipinski definition) is 6. The molecule has 0 radical (unpaired) electrons. The Kier molecular flexibility index (Phi) is 5.74. The first-order valence-electron chi connectivity index (χ1n) is 11.2. The zero-order valence-corrected chi connectivity index (χ0v) is 20.0. The lowest BCUT2D eigenvalue weighted by Gasteiger charge is -2.29. The van der Waals surface area contributed by atoms with Crippen molar-refractivity contribution in [2.75, 3.05) is 14.2 Å². The van der Waals surface area contributed by atoms with Gasteiger partial charge in [-0.2, -0.15) is 0 Å². The summed E-state index contributed by atoms with van der Waals surface area (Å²) in [6.45, 7) is 0. The van der Waals surface area contributed by atoms with E-state index in [1.807, 2.05) is 12.1 Å². The minimum absolute atomic E-state index is 0.00429. The normalized spacial score (nSPS) is 18.9. The Balaban J connectivity index is 1.60. The molecule has 0 unspecified atom stereocenters. The summed E-state index contributed by atoms with van der Waals surface area (Å²) in [5.41, 5.74) is 1.35. The molecule has 1 spiro atoms. The third-order valence-electron chi connectivity index (χ3n) is 6.45. The van der Waals surface area contributed by atoms with Crippen molar-refractivity contribution < 1.29 is 27.9 Å². The van der Waals surface area contributed by atoms with E-state index in [1.165, 1.54) is 0 Å². The van der Waals surface area contributed by atoms with Gasteiger partial charge < -0.3 is 23.8 Å². The first-order chi connectivity index (χ1) is 16.4. The first-order valence-corrected chi connectivity index (χ1v) is 12.7. The van der Waals surface area contributed by atoms with Crippen molar-refractivity contribution in [1.82, 2.24) is 5.32 Å². The highest BCUT2D eigenvalue weighted by atomic mass is 31.2. The van der Waals surface area contributed by atoms with Crippen molar-refractivity contribution in [2.24, 2.45) is 0 Å². The van der Waals surface area contributed by atoms with Gasteiger partial charge in [0.05, 0.1) is 25.1 Å². The molecule has 1 aliphatic carbocycles. The topological polar surface area (TPSA) is 83.1 Å². The summed E-state index contributed by atoms with van der Waals surface area (Å²) in [7, 11) is -0.776. The average Bonchev–Trinajstić information content (AvgIpc) is 3.42. The number of carbonyl (C=O) groups excluding carboxylic acids is 1. The molecule has 0 bridgehead atoms. The maximum absolute atomic E-state index is 14.6. The van der Waals surface area contributed by atoms with E-state index in [-0.39, 0.29) is 5.91 Å². The van der Waals surface area contributed by atoms with Crippen molar-refractivity contribution >= 4 is 18.8 Å². The fraction of sp³-hybridized carbons (Fsp3) is 0.269. The molecular formula is C26H26NO6P. The summed E-state index contributed by atoms with van der Waals surface area (Å²) in [6, 6.07) is 19.4. The van der Waals surface area contributed by atoms with Gasteiger partial charge in [0, 0.05) is 6.42 Å². The summed E-state index contributed by atoms with van der Waals surface area (Å²) in [4.78, 5) is 12.2. The second-order valence-electron chi connectivity index (χ2n) is 8.47. The lowest BCUT2D eigenvalue weighted by molar-refractivity contribution is -0.119. The predicted molar refractivity (Wildman–Crippen MR) is 128 cm³/mol. The van der Waals surface area contributed by atoms with Crippen LogP contribution in [0.25, 0.3) is 0 Å². The molecule has 1 atom stereocenters. The molecule has 0 saturated carbocycles. The van der Waals surface area contributed by atoms with Gasteiger partial charge in [0.1, 0.15) is 23.0 Å². The highest BCUT2D eigenvalue weighted by Crippen LogP contribution is 2.53. The van der Waals surface area contributed by atoms with Gasteiger partial charge in [0.2, 0.25) is 5.91 Å². The van der Waals surface area contributed by atoms with E-state index in [0.717, 1.165) is 24.0 Å². The molecule has 3 aromatic rings. The van der Waals surface area contributed by atoms with Crippen LogP contribution in [0.5, 0.6) is 23.0 Å². The van der Waals surface area contributed by atoms with E-state index < -0.39 is 13.1 Å². The highest BCUT2D eigenvalue weighted by molar-refractivity contribution is 7.63. The fourth-order valence-electron chi connectivity index (χ4n) is 4.81. The Hall–Kier alpha value is -3.44. The van der Waals surface area contributed by atoms with Crippen molar-refractivity contribution in [3.63, 3.8) is 0 Å². The zero-order chi connectivity index (χ0) is 23.8. The molecule has 3 aromatic carbocycles. The standard InChI is InChI=1S/C26H26NO6P/c1-30-19-6-10-21(11-7-19)32-34(29,33-22-12-8-20(31-2)9-13-22)23-5-3-4-18-14-16-26(25(18)23)17-15-24(28)27-26/h3-13H,14-17H2,1-2H3,(H,27,28)/t26-/m1/s1. The quantitative estimate of drug-likeness (QED) is 0.494. The van der Waals surface area contributed by atoms with Crippen LogP contribution in [-0.2, 0) is 21.3 Å². The fourth-order valence-corrected chi connectivity index (χ4v) is 6.74. The number of benzene rings is 3. The minimum Gasteiger partial charge on any atom is -0.497 e. The van der Waals surface area contributed by atoms with Gasteiger partial charge in [-0.3, -0.25) is 4.79 Å². The molecule has 1 amide bonds. The molecule has 7 nitrogen and oxygen atoms in total. The summed E-state index contributed by atoms with van der Waals surface area (Å²) >= 11 is 0. The van der Waals surface area contributed by atoms with Crippen LogP contribution in [0.15, 0.2) is 66.7 Å². The lowest BCUT2D eigenvalue weighted by atomic mass is 9.90. The molecule has 5 rings (SSSR count). The number of rotatable bonds is 7. The van der Waals surface area contributed by atoms with E-state index in [1.54, 1.807) is 68.8 Å². The SMILES string of the molecule is COc1ccc(OP(=O)(Oc2ccc(OC)cc2)c2cccc3c2[C@]2(CCC(=O)N2)CC3)cc1. The largest absolute Gasteiger partial charge is 0.497 e. The molecular weight excluding hydrogens is 453 g/mol. The Labute approximate surface area is 198 Å². The van der Waals surface area contributed by atoms with Crippen LogP contribution in [0, 0.1) is 0 Å². The molecule has 1 heterocycles. The van der Waals surface area contributed by atoms with E-state index in [0.29, 0.717) is 41.1 Å². The van der Waals surface area contributed by atoms with E-state index >= 15 is 0 Å². The number of aryl methyl sites for hydroxylation is 1. The molecule has 8 heteroatoms. The van der Waals surface area contributed by atoms with Crippen molar-refractivity contribution in [3.05, 3.63) is 77.9 Å². The first kappa shape index (κ1) is 22.4. The summed E-state index contributed by atoms with van der Waals surface area (Å²) in [5, 5.41) is 3.62. The smallest absolute Gasteiger partial charge is 0.463 e. The number of methoxy groups -OCH3 is 2. The van der Waals surface area contributed by atoms with Crippen LogP contribution >= 0.6 is 7.60 Å². The monoisotopic (exact) mass is 479 g/mol. The Morgan fingerprint density at radius 3 is 1.79 bits per heavy atom. The third kappa shape index (κ3) is 4.01. The Bertz CT molecular complexity index is 1200. The molecule has 176 valence electrons. The predicted octanol–water partition coefficient (Wildman–Crippen LogP) is 4.73. The second kappa shape index (κ2) is 8.73. The maximum Gasteiger partial charge on any atom is 0.463 e. The number of hydrogen-bond donors (Lipinski definition) is 1. The molecule has 1 aliphatic heterocycles. The number of fused-ring (bicyclic) bond motifs is 2. The number of carbonyl (C=O) groups is 1. The van der Waals surface area contributed by atoms with Crippen LogP contribution in [0.4, 0.5) is 0 Å². The second-order valence-corrected chi connectivity index (χ2v) is 10.3. The van der Waals surface area contributed by atoms with Crippen LogP contribution in [0.3, 0.4) is 0 Å². The zero-order valence-electron chi connectivity index (χ0n) is 19.1. The molecule has 34 heavy (non-hydrogen) atoms. The van der Waals surface area contributed by atoms with Crippen LogP contribution < -0.4 is 29.1 Å². The third-order valence-corrected chi connectivity index (χ3v) is 8.32. The van der Waals surface area contributed by atoms with Gasteiger partial charge in [0.25, 0.3) is 0 Å². The molecule has 0 aromatic heterocycles. The summed E-state index contributed by atoms with van der Waals surface area (Å²) in [5.74, 6) is 2.10. The Morgan fingerprint density at radius 2 is 1.29 bits per heavy atom. The van der Waals surface area contributed by atoms with Gasteiger partial charge in [0.15, 0.2) is 0 Å². The molecule has 1 N–H and O–H groups in total. The van der Waals surface area contributed by atoms with E-state index in [2.05, 4.69) is 5.32 Å². The van der Waals surface area contributed by atoms with Crippen molar-refractivity contribution in [1.29, 1.82) is 0 Å². The molecule has 1 saturated heterocycles. The number of ether oxygens (including phenoxy) is 2. The summed E-state index contributed by atoms with van der Waals surface area (Å²) < 4.78 is 37.4. The van der Waals surface area contributed by atoms with Gasteiger partial charge in [-0.1, -0.05) is 12.1 Å². The summed E-state index contributed by atoms with van der Waals surface area (Å²) in [6.07, 6.45) is 2.64. The molecule has 1 fully saturated rings. The van der Waals surface area contributed by atoms with E-state index in [9.17, 15) is 9.36 Å². The average molecular weight is 479 g/mol. The van der Waals surface area contributed by atoms with Crippen molar-refractivity contribution in [3.8, 4) is 23.0 Å². The van der Waals surface area contributed by atoms with Gasteiger partial charge in [-0.15, -0.1) is 0 Å². The van der Waals surface area contributed by atoms with Crippen molar-refractivity contribution in [2.45, 2.75) is 31.2 Å². The molecule has 2 aliphatic rings. The van der Waals surface area contributed by atoms with Crippen LogP contribution in [0.1, 0.15) is 30.4 Å². The number of amides is 1. The van der Waals surface area contributed by atoms with Gasteiger partial charge >= 0.3 is 7.60 Å². The maximum atomic E-state index is 14.6. The highest BCUT2D eigenvalue weighted by Gasteiger charge is 2.49.